The summed E-state index contributed by atoms with van der Waals surface area (Å²) < 4.78 is 5.29. The molecule has 0 fully saturated rings. The molecule has 0 bridgehead atoms. The number of rotatable bonds is 6. The number of carbonyl (C=O) groups is 1. The maximum atomic E-state index is 12.3. The topological polar surface area (TPSA) is 50.4 Å². The van der Waals surface area contributed by atoms with Gasteiger partial charge in [-0.05, 0) is 36.4 Å². The van der Waals surface area contributed by atoms with Crippen LogP contribution in [0.4, 0.5) is 17.1 Å². The van der Waals surface area contributed by atoms with Gasteiger partial charge in [0.2, 0.25) is 5.91 Å². The summed E-state index contributed by atoms with van der Waals surface area (Å²) in [7, 11) is 1.61. The number of anilines is 3. The van der Waals surface area contributed by atoms with Crippen molar-refractivity contribution in [1.29, 1.82) is 0 Å². The van der Waals surface area contributed by atoms with E-state index in [-0.39, 0.29) is 12.3 Å². The number of amides is 1. The highest BCUT2D eigenvalue weighted by Crippen LogP contribution is 2.21. The average molecular weight is 332 g/mol. The summed E-state index contributed by atoms with van der Waals surface area (Å²) >= 11 is 0. The summed E-state index contributed by atoms with van der Waals surface area (Å²) in [5.41, 5.74) is 3.53. The summed E-state index contributed by atoms with van der Waals surface area (Å²) in [6, 6.07) is 25.1. The smallest absolute Gasteiger partial charge is 0.228 e. The Bertz CT molecular complexity index is 847. The highest BCUT2D eigenvalue weighted by Gasteiger charge is 2.08. The Hall–Kier alpha value is -3.27. The summed E-state index contributed by atoms with van der Waals surface area (Å²) in [5.74, 6) is 0.638. The highest BCUT2D eigenvalue weighted by molar-refractivity contribution is 5.93. The first-order valence-electron chi connectivity index (χ1n) is 8.08. The van der Waals surface area contributed by atoms with E-state index in [0.29, 0.717) is 0 Å². The van der Waals surface area contributed by atoms with Crippen molar-refractivity contribution in [2.45, 2.75) is 6.42 Å². The lowest BCUT2D eigenvalue weighted by Gasteiger charge is -2.11. The van der Waals surface area contributed by atoms with Crippen LogP contribution in [0.15, 0.2) is 78.9 Å². The molecule has 0 heterocycles. The quantitative estimate of drug-likeness (QED) is 0.692. The Morgan fingerprint density at radius 3 is 2.32 bits per heavy atom. The number of benzene rings is 3. The predicted molar refractivity (Wildman–Crippen MR) is 101 cm³/mol. The molecule has 0 aromatic heterocycles. The number of nitrogens with one attached hydrogen (secondary N) is 2. The number of hydrogen-bond donors (Lipinski definition) is 2. The minimum absolute atomic E-state index is 0.0821. The van der Waals surface area contributed by atoms with Gasteiger partial charge in [0.15, 0.2) is 0 Å². The summed E-state index contributed by atoms with van der Waals surface area (Å²) in [5, 5.41) is 6.25. The highest BCUT2D eigenvalue weighted by atomic mass is 16.5. The lowest BCUT2D eigenvalue weighted by Crippen LogP contribution is -2.15. The first kappa shape index (κ1) is 16.6. The van der Waals surface area contributed by atoms with Crippen LogP contribution in [0.2, 0.25) is 0 Å². The summed E-state index contributed by atoms with van der Waals surface area (Å²) in [6.45, 7) is 0. The molecule has 0 saturated carbocycles. The SMILES string of the molecule is COc1ccccc1CC(=O)Nc1cccc(Nc2ccccc2)c1. The first-order chi connectivity index (χ1) is 12.2. The third-order valence-electron chi connectivity index (χ3n) is 3.75. The van der Waals surface area contributed by atoms with Crippen molar-refractivity contribution < 1.29 is 9.53 Å². The molecule has 3 rings (SSSR count). The molecule has 0 spiro atoms. The standard InChI is InChI=1S/C21H20N2O2/c1-25-20-13-6-5-8-16(20)14-21(24)23-19-12-7-11-18(15-19)22-17-9-3-2-4-10-17/h2-13,15,22H,14H2,1H3,(H,23,24). The second kappa shape index (κ2) is 8.02. The molecule has 0 atom stereocenters. The van der Waals surface area contributed by atoms with E-state index >= 15 is 0 Å². The van der Waals surface area contributed by atoms with Crippen LogP contribution in [0.3, 0.4) is 0 Å². The van der Waals surface area contributed by atoms with Crippen molar-refractivity contribution in [3.05, 3.63) is 84.4 Å². The van der Waals surface area contributed by atoms with E-state index in [1.807, 2.05) is 78.9 Å². The maximum Gasteiger partial charge on any atom is 0.228 e. The Balaban J connectivity index is 1.66. The third kappa shape index (κ3) is 4.61. The Morgan fingerprint density at radius 2 is 1.52 bits per heavy atom. The average Bonchev–Trinajstić information content (AvgIpc) is 2.63. The van der Waals surface area contributed by atoms with Crippen molar-refractivity contribution >= 4 is 23.0 Å². The molecule has 0 saturated heterocycles. The molecular formula is C21H20N2O2. The van der Waals surface area contributed by atoms with E-state index in [9.17, 15) is 4.79 Å². The predicted octanol–water partition coefficient (Wildman–Crippen LogP) is 4.62. The van der Waals surface area contributed by atoms with E-state index in [0.717, 1.165) is 28.4 Å². The second-order valence-electron chi connectivity index (χ2n) is 5.61. The van der Waals surface area contributed by atoms with Crippen LogP contribution in [0.5, 0.6) is 5.75 Å². The normalized spacial score (nSPS) is 10.1. The van der Waals surface area contributed by atoms with Crippen LogP contribution in [0.1, 0.15) is 5.56 Å². The fourth-order valence-electron chi connectivity index (χ4n) is 2.59. The fourth-order valence-corrected chi connectivity index (χ4v) is 2.59. The van der Waals surface area contributed by atoms with Gasteiger partial charge in [-0.2, -0.15) is 0 Å². The van der Waals surface area contributed by atoms with Crippen molar-refractivity contribution in [2.24, 2.45) is 0 Å². The zero-order valence-corrected chi connectivity index (χ0v) is 14.0. The van der Waals surface area contributed by atoms with Gasteiger partial charge < -0.3 is 15.4 Å². The fraction of sp³-hybridized carbons (Fsp3) is 0.0952. The van der Waals surface area contributed by atoms with Crippen LogP contribution in [-0.4, -0.2) is 13.0 Å². The van der Waals surface area contributed by atoms with Gasteiger partial charge >= 0.3 is 0 Å². The Morgan fingerprint density at radius 1 is 0.840 bits per heavy atom. The van der Waals surface area contributed by atoms with E-state index in [4.69, 9.17) is 4.74 Å². The number of ether oxygens (including phenoxy) is 1. The zero-order valence-electron chi connectivity index (χ0n) is 14.0. The van der Waals surface area contributed by atoms with Crippen molar-refractivity contribution in [3.8, 4) is 5.75 Å². The first-order valence-corrected chi connectivity index (χ1v) is 8.08. The molecule has 0 aliphatic heterocycles. The van der Waals surface area contributed by atoms with Gasteiger partial charge in [-0.3, -0.25) is 4.79 Å². The molecule has 3 aromatic carbocycles. The van der Waals surface area contributed by atoms with Gasteiger partial charge in [-0.25, -0.2) is 0 Å². The molecule has 0 aliphatic rings. The van der Waals surface area contributed by atoms with Crippen LogP contribution >= 0.6 is 0 Å². The molecule has 4 heteroatoms. The summed E-state index contributed by atoms with van der Waals surface area (Å²) in [6.07, 6.45) is 0.264. The van der Waals surface area contributed by atoms with E-state index in [2.05, 4.69) is 10.6 Å². The van der Waals surface area contributed by atoms with Crippen LogP contribution in [-0.2, 0) is 11.2 Å². The van der Waals surface area contributed by atoms with Crippen molar-refractivity contribution in [1.82, 2.24) is 0 Å². The lowest BCUT2D eigenvalue weighted by molar-refractivity contribution is -0.115. The minimum atomic E-state index is -0.0821. The molecule has 3 aromatic rings. The van der Waals surface area contributed by atoms with Gasteiger partial charge in [-0.1, -0.05) is 42.5 Å². The second-order valence-corrected chi connectivity index (χ2v) is 5.61. The van der Waals surface area contributed by atoms with Crippen LogP contribution in [0, 0.1) is 0 Å². The van der Waals surface area contributed by atoms with Gasteiger partial charge in [-0.15, -0.1) is 0 Å². The molecule has 0 unspecified atom stereocenters. The third-order valence-corrected chi connectivity index (χ3v) is 3.75. The number of carbonyl (C=O) groups excluding carboxylic acids is 1. The molecule has 0 aliphatic carbocycles. The zero-order chi connectivity index (χ0) is 17.5. The van der Waals surface area contributed by atoms with Crippen LogP contribution < -0.4 is 15.4 Å². The maximum absolute atomic E-state index is 12.3. The van der Waals surface area contributed by atoms with Gasteiger partial charge in [0.1, 0.15) is 5.75 Å². The van der Waals surface area contributed by atoms with E-state index < -0.39 is 0 Å². The van der Waals surface area contributed by atoms with Crippen LogP contribution in [0.25, 0.3) is 0 Å². The molecule has 4 nitrogen and oxygen atoms in total. The minimum Gasteiger partial charge on any atom is -0.496 e. The number of hydrogen-bond acceptors (Lipinski definition) is 3. The molecule has 25 heavy (non-hydrogen) atoms. The number of methoxy groups -OCH3 is 1. The van der Waals surface area contributed by atoms with E-state index in [1.54, 1.807) is 7.11 Å². The monoisotopic (exact) mass is 332 g/mol. The number of para-hydroxylation sites is 2. The molecule has 126 valence electrons. The largest absolute Gasteiger partial charge is 0.496 e. The Labute approximate surface area is 147 Å². The van der Waals surface area contributed by atoms with Gasteiger partial charge in [0.25, 0.3) is 0 Å². The van der Waals surface area contributed by atoms with Crippen molar-refractivity contribution in [3.63, 3.8) is 0 Å². The van der Waals surface area contributed by atoms with Gasteiger partial charge in [0.05, 0.1) is 13.5 Å². The van der Waals surface area contributed by atoms with Gasteiger partial charge in [0, 0.05) is 22.6 Å². The molecule has 2 N–H and O–H groups in total. The summed E-state index contributed by atoms with van der Waals surface area (Å²) in [4.78, 5) is 12.3. The lowest BCUT2D eigenvalue weighted by atomic mass is 10.1. The molecular weight excluding hydrogens is 312 g/mol. The molecule has 1 amide bonds. The molecule has 0 radical (unpaired) electrons. The van der Waals surface area contributed by atoms with E-state index in [1.165, 1.54) is 0 Å². The Kier molecular flexibility index (Phi) is 5.32. The van der Waals surface area contributed by atoms with Crippen molar-refractivity contribution in [2.75, 3.05) is 17.7 Å².